The second kappa shape index (κ2) is 5.40. The number of hydrogen-bond acceptors (Lipinski definition) is 0. The first kappa shape index (κ1) is 8.83. The van der Waals surface area contributed by atoms with Gasteiger partial charge in [-0.2, -0.15) is 0 Å². The van der Waals surface area contributed by atoms with Gasteiger partial charge in [-0.25, -0.2) is 0 Å². The molecule has 0 amide bonds. The van der Waals surface area contributed by atoms with Crippen LogP contribution in [0.5, 0.6) is 0 Å². The van der Waals surface area contributed by atoms with E-state index >= 15 is 0 Å². The topological polar surface area (TPSA) is 0 Å². The Morgan fingerprint density at radius 2 is 2.36 bits per heavy atom. The Hall–Kier alpha value is -0.260. The predicted octanol–water partition coefficient (Wildman–Crippen LogP) is 3.74. The van der Waals surface area contributed by atoms with E-state index in [1.807, 2.05) is 0 Å². The van der Waals surface area contributed by atoms with Gasteiger partial charge in [-0.1, -0.05) is 31.9 Å². The van der Waals surface area contributed by atoms with Gasteiger partial charge in [-0.05, 0) is 38.0 Å². The van der Waals surface area contributed by atoms with Gasteiger partial charge in [0, 0.05) is 0 Å². The molecule has 0 aliphatic heterocycles. The molecule has 0 bridgehead atoms. The van der Waals surface area contributed by atoms with Crippen LogP contribution in [0.1, 0.15) is 45.4 Å². The molecule has 1 atom stereocenters. The molecular weight excluding hydrogens is 132 g/mol. The molecule has 1 unspecified atom stereocenters. The third-order valence-electron chi connectivity index (χ3n) is 2.34. The van der Waals surface area contributed by atoms with E-state index in [2.05, 4.69) is 25.5 Å². The predicted molar refractivity (Wildman–Crippen MR) is 50.3 cm³/mol. The molecular formula is C11H19. The lowest BCUT2D eigenvalue weighted by molar-refractivity contribution is 0.529. The fourth-order valence-corrected chi connectivity index (χ4v) is 1.62. The zero-order valence-electron chi connectivity index (χ0n) is 7.55. The highest BCUT2D eigenvalue weighted by atomic mass is 14.1. The van der Waals surface area contributed by atoms with Gasteiger partial charge < -0.3 is 0 Å². The minimum Gasteiger partial charge on any atom is -0.0885 e. The Labute approximate surface area is 70.7 Å². The fourth-order valence-electron chi connectivity index (χ4n) is 1.62. The molecule has 0 saturated heterocycles. The highest BCUT2D eigenvalue weighted by Crippen LogP contribution is 2.22. The van der Waals surface area contributed by atoms with E-state index in [1.54, 1.807) is 0 Å². The van der Waals surface area contributed by atoms with Gasteiger partial charge in [-0.15, -0.1) is 0 Å². The van der Waals surface area contributed by atoms with Gasteiger partial charge in [0.05, 0.1) is 0 Å². The summed E-state index contributed by atoms with van der Waals surface area (Å²) in [5.74, 6) is 0.883. The first-order valence-corrected chi connectivity index (χ1v) is 4.92. The average Bonchev–Trinajstić information content (AvgIpc) is 2.28. The second-order valence-electron chi connectivity index (χ2n) is 3.42. The third kappa shape index (κ3) is 3.60. The van der Waals surface area contributed by atoms with Crippen LogP contribution >= 0.6 is 0 Å². The summed E-state index contributed by atoms with van der Waals surface area (Å²) >= 11 is 0. The van der Waals surface area contributed by atoms with Crippen molar-refractivity contribution in [2.24, 2.45) is 5.92 Å². The molecule has 1 aliphatic carbocycles. The molecule has 0 heteroatoms. The van der Waals surface area contributed by atoms with E-state index in [4.69, 9.17) is 0 Å². The minimum atomic E-state index is 0.883. The van der Waals surface area contributed by atoms with Crippen LogP contribution in [0, 0.1) is 12.3 Å². The first-order valence-electron chi connectivity index (χ1n) is 4.92. The number of hydrogen-bond donors (Lipinski definition) is 0. The molecule has 0 aromatic rings. The SMILES string of the molecule is CCC[CH]C1CC=CCCC1. The van der Waals surface area contributed by atoms with Crippen molar-refractivity contribution in [1.82, 2.24) is 0 Å². The summed E-state index contributed by atoms with van der Waals surface area (Å²) in [7, 11) is 0. The van der Waals surface area contributed by atoms with E-state index in [0.717, 1.165) is 5.92 Å². The lowest BCUT2D eigenvalue weighted by Crippen LogP contribution is -1.98. The van der Waals surface area contributed by atoms with Crippen LogP contribution in [0.3, 0.4) is 0 Å². The van der Waals surface area contributed by atoms with Crippen LogP contribution in [0.25, 0.3) is 0 Å². The van der Waals surface area contributed by atoms with E-state index in [0.29, 0.717) is 0 Å². The number of rotatable bonds is 3. The molecule has 1 aliphatic rings. The van der Waals surface area contributed by atoms with Crippen LogP contribution in [-0.2, 0) is 0 Å². The Kier molecular flexibility index (Phi) is 4.33. The summed E-state index contributed by atoms with van der Waals surface area (Å²) in [5, 5.41) is 0. The van der Waals surface area contributed by atoms with Crippen LogP contribution < -0.4 is 0 Å². The van der Waals surface area contributed by atoms with Crippen LogP contribution in [0.2, 0.25) is 0 Å². The zero-order valence-corrected chi connectivity index (χ0v) is 7.55. The third-order valence-corrected chi connectivity index (χ3v) is 2.34. The van der Waals surface area contributed by atoms with Gasteiger partial charge >= 0.3 is 0 Å². The molecule has 0 aromatic heterocycles. The molecule has 0 aromatic carbocycles. The normalized spacial score (nSPS) is 25.0. The molecule has 0 saturated carbocycles. The van der Waals surface area contributed by atoms with Crippen molar-refractivity contribution in [1.29, 1.82) is 0 Å². The van der Waals surface area contributed by atoms with Crippen molar-refractivity contribution in [2.45, 2.75) is 45.4 Å². The number of unbranched alkanes of at least 4 members (excludes halogenated alkanes) is 1. The van der Waals surface area contributed by atoms with Gasteiger partial charge in [0.25, 0.3) is 0 Å². The lowest BCUT2D eigenvalue weighted by atomic mass is 9.95. The minimum absolute atomic E-state index is 0.883. The van der Waals surface area contributed by atoms with Gasteiger partial charge in [-0.3, -0.25) is 0 Å². The summed E-state index contributed by atoms with van der Waals surface area (Å²) < 4.78 is 0. The maximum absolute atomic E-state index is 2.51. The molecule has 0 heterocycles. The molecule has 0 fully saturated rings. The van der Waals surface area contributed by atoms with Crippen molar-refractivity contribution >= 4 is 0 Å². The van der Waals surface area contributed by atoms with Crippen LogP contribution in [0.15, 0.2) is 12.2 Å². The van der Waals surface area contributed by atoms with Gasteiger partial charge in [0.15, 0.2) is 0 Å². The smallest absolute Gasteiger partial charge is 0.0319 e. The van der Waals surface area contributed by atoms with Gasteiger partial charge in [0.1, 0.15) is 0 Å². The quantitative estimate of drug-likeness (QED) is 0.539. The largest absolute Gasteiger partial charge is 0.0885 e. The fraction of sp³-hybridized carbons (Fsp3) is 0.727. The van der Waals surface area contributed by atoms with Crippen molar-refractivity contribution < 1.29 is 0 Å². The van der Waals surface area contributed by atoms with Crippen molar-refractivity contribution in [3.05, 3.63) is 18.6 Å². The van der Waals surface area contributed by atoms with Gasteiger partial charge in [0.2, 0.25) is 0 Å². The zero-order chi connectivity index (χ0) is 7.94. The highest BCUT2D eigenvalue weighted by molar-refractivity contribution is 4.91. The molecule has 1 rings (SSSR count). The van der Waals surface area contributed by atoms with E-state index in [9.17, 15) is 0 Å². The Bertz CT molecular complexity index is 113. The lowest BCUT2D eigenvalue weighted by Gasteiger charge is -2.10. The Morgan fingerprint density at radius 3 is 3.18 bits per heavy atom. The number of allylic oxidation sites excluding steroid dienone is 2. The first-order chi connectivity index (χ1) is 5.43. The highest BCUT2D eigenvalue weighted by Gasteiger charge is 2.07. The summed E-state index contributed by atoms with van der Waals surface area (Å²) in [6.07, 6.45) is 15.2. The maximum atomic E-state index is 2.51. The Morgan fingerprint density at radius 1 is 1.45 bits per heavy atom. The van der Waals surface area contributed by atoms with Crippen LogP contribution in [-0.4, -0.2) is 0 Å². The summed E-state index contributed by atoms with van der Waals surface area (Å²) in [4.78, 5) is 0. The molecule has 0 spiro atoms. The Balaban J connectivity index is 2.16. The summed E-state index contributed by atoms with van der Waals surface area (Å²) in [5.41, 5.74) is 0. The average molecular weight is 151 g/mol. The molecule has 0 N–H and O–H groups in total. The van der Waals surface area contributed by atoms with E-state index in [-0.39, 0.29) is 0 Å². The maximum Gasteiger partial charge on any atom is -0.0319 e. The molecule has 63 valence electrons. The van der Waals surface area contributed by atoms with Crippen molar-refractivity contribution in [3.63, 3.8) is 0 Å². The van der Waals surface area contributed by atoms with Crippen LogP contribution in [0.4, 0.5) is 0 Å². The summed E-state index contributed by atoms with van der Waals surface area (Å²) in [6, 6.07) is 0. The summed E-state index contributed by atoms with van der Waals surface area (Å²) in [6.45, 7) is 2.25. The van der Waals surface area contributed by atoms with E-state index in [1.165, 1.54) is 38.5 Å². The molecule has 1 radical (unpaired) electrons. The standard InChI is InChI=1S/C11H19/c1-2-3-8-11-9-6-4-5-7-10-11/h4,6,8,11H,2-3,5,7,9-10H2,1H3. The van der Waals surface area contributed by atoms with Crippen molar-refractivity contribution in [2.75, 3.05) is 0 Å². The second-order valence-corrected chi connectivity index (χ2v) is 3.42. The van der Waals surface area contributed by atoms with Crippen molar-refractivity contribution in [3.8, 4) is 0 Å². The molecule has 0 nitrogen and oxygen atoms in total. The molecule has 11 heavy (non-hydrogen) atoms. The van der Waals surface area contributed by atoms with E-state index < -0.39 is 0 Å². The monoisotopic (exact) mass is 151 g/mol.